The van der Waals surface area contributed by atoms with Crippen molar-refractivity contribution in [3.8, 4) is 0 Å². The first-order valence-corrected chi connectivity index (χ1v) is 6.43. The molecule has 0 radical (unpaired) electrons. The van der Waals surface area contributed by atoms with E-state index in [-0.39, 0.29) is 25.6 Å². The van der Waals surface area contributed by atoms with Crippen LogP contribution in [0.15, 0.2) is 24.3 Å². The summed E-state index contributed by atoms with van der Waals surface area (Å²) in [5.41, 5.74) is 3.16. The number of hydrogen-bond acceptors (Lipinski definition) is 4. The van der Waals surface area contributed by atoms with Crippen LogP contribution in [0.5, 0.6) is 0 Å². The van der Waals surface area contributed by atoms with Gasteiger partial charge in [-0.3, -0.25) is 0 Å². The molecular weight excluding hydrogens is 249 g/mol. The number of aliphatic hydroxyl groups is 1. The number of hydroxylamine groups is 1. The standard InChI is InChI=1S/C14H22FNO3/c1-11(2)8-19-16-7-13(17)10-18-9-12-5-3-4-6-14(12)15/h3-6,11,13,16-17H,7-10H2,1-2H3. The second kappa shape index (κ2) is 8.98. The predicted octanol–water partition coefficient (Wildman–Crippen LogP) is 1.88. The van der Waals surface area contributed by atoms with E-state index in [1.807, 2.05) is 13.8 Å². The first-order valence-electron chi connectivity index (χ1n) is 6.43. The fourth-order valence-corrected chi connectivity index (χ4v) is 1.36. The van der Waals surface area contributed by atoms with Crippen LogP contribution in [0.2, 0.25) is 0 Å². The molecule has 19 heavy (non-hydrogen) atoms. The summed E-state index contributed by atoms with van der Waals surface area (Å²) in [5, 5.41) is 9.60. The van der Waals surface area contributed by atoms with Crippen LogP contribution in [-0.4, -0.2) is 31.0 Å². The summed E-state index contributed by atoms with van der Waals surface area (Å²) in [6.07, 6.45) is -0.682. The summed E-state index contributed by atoms with van der Waals surface area (Å²) in [6.45, 7) is 5.22. The largest absolute Gasteiger partial charge is 0.389 e. The zero-order valence-corrected chi connectivity index (χ0v) is 11.4. The van der Waals surface area contributed by atoms with E-state index in [1.165, 1.54) is 6.07 Å². The molecule has 0 spiro atoms. The van der Waals surface area contributed by atoms with Crippen molar-refractivity contribution in [3.05, 3.63) is 35.6 Å². The van der Waals surface area contributed by atoms with Crippen molar-refractivity contribution >= 4 is 0 Å². The minimum atomic E-state index is -0.682. The molecule has 2 N–H and O–H groups in total. The van der Waals surface area contributed by atoms with Gasteiger partial charge in [-0.05, 0) is 12.0 Å². The molecular formula is C14H22FNO3. The van der Waals surface area contributed by atoms with Gasteiger partial charge < -0.3 is 14.7 Å². The van der Waals surface area contributed by atoms with Crippen LogP contribution in [0, 0.1) is 11.7 Å². The van der Waals surface area contributed by atoms with Gasteiger partial charge in [0.25, 0.3) is 0 Å². The smallest absolute Gasteiger partial charge is 0.128 e. The molecule has 0 aromatic heterocycles. The SMILES string of the molecule is CC(C)CONCC(O)COCc1ccccc1F. The molecule has 0 bridgehead atoms. The third kappa shape index (κ3) is 7.22. The summed E-state index contributed by atoms with van der Waals surface area (Å²) < 4.78 is 18.5. The number of halogens is 1. The zero-order valence-electron chi connectivity index (χ0n) is 11.4. The van der Waals surface area contributed by atoms with Gasteiger partial charge in [-0.25, -0.2) is 4.39 Å². The summed E-state index contributed by atoms with van der Waals surface area (Å²) in [4.78, 5) is 5.12. The van der Waals surface area contributed by atoms with Gasteiger partial charge in [-0.15, -0.1) is 0 Å². The molecule has 1 aromatic carbocycles. The zero-order chi connectivity index (χ0) is 14.1. The molecule has 0 saturated carbocycles. The molecule has 0 aliphatic rings. The monoisotopic (exact) mass is 271 g/mol. The van der Waals surface area contributed by atoms with Gasteiger partial charge in [0, 0.05) is 12.1 Å². The van der Waals surface area contributed by atoms with Crippen molar-refractivity contribution in [1.82, 2.24) is 5.48 Å². The average molecular weight is 271 g/mol. The summed E-state index contributed by atoms with van der Waals surface area (Å²) >= 11 is 0. The van der Waals surface area contributed by atoms with Crippen molar-refractivity contribution in [2.45, 2.75) is 26.6 Å². The number of rotatable bonds is 9. The quantitative estimate of drug-likeness (QED) is 0.532. The van der Waals surface area contributed by atoms with Crippen LogP contribution in [0.3, 0.4) is 0 Å². The Kier molecular flexibility index (Phi) is 7.59. The molecule has 1 rings (SSSR count). The first-order chi connectivity index (χ1) is 9.09. The van der Waals surface area contributed by atoms with E-state index in [0.717, 1.165) is 0 Å². The van der Waals surface area contributed by atoms with Gasteiger partial charge in [0.15, 0.2) is 0 Å². The molecule has 0 saturated heterocycles. The average Bonchev–Trinajstić information content (AvgIpc) is 2.37. The van der Waals surface area contributed by atoms with Crippen LogP contribution in [-0.2, 0) is 16.2 Å². The Morgan fingerprint density at radius 3 is 2.68 bits per heavy atom. The topological polar surface area (TPSA) is 50.7 Å². The summed E-state index contributed by atoms with van der Waals surface area (Å²) in [6, 6.07) is 6.42. The Bertz CT molecular complexity index is 360. The van der Waals surface area contributed by atoms with Crippen molar-refractivity contribution in [2.24, 2.45) is 5.92 Å². The minimum absolute atomic E-state index is 0.131. The summed E-state index contributed by atoms with van der Waals surface area (Å²) in [5.74, 6) is 0.136. The van der Waals surface area contributed by atoms with Crippen LogP contribution < -0.4 is 5.48 Å². The van der Waals surface area contributed by atoms with Crippen LogP contribution >= 0.6 is 0 Å². The highest BCUT2D eigenvalue weighted by atomic mass is 19.1. The fourth-order valence-electron chi connectivity index (χ4n) is 1.36. The Balaban J connectivity index is 2.10. The lowest BCUT2D eigenvalue weighted by Gasteiger charge is -2.13. The Hall–Kier alpha value is -1.01. The lowest BCUT2D eigenvalue weighted by Crippen LogP contribution is -2.31. The third-order valence-electron chi connectivity index (χ3n) is 2.36. The molecule has 1 unspecified atom stereocenters. The highest BCUT2D eigenvalue weighted by Gasteiger charge is 2.06. The maximum Gasteiger partial charge on any atom is 0.128 e. The van der Waals surface area contributed by atoms with Crippen molar-refractivity contribution in [2.75, 3.05) is 19.8 Å². The molecule has 0 aliphatic heterocycles. The van der Waals surface area contributed by atoms with E-state index in [2.05, 4.69) is 5.48 Å². The summed E-state index contributed by atoms with van der Waals surface area (Å²) in [7, 11) is 0. The number of benzene rings is 1. The molecule has 0 aliphatic carbocycles. The molecule has 5 heteroatoms. The lowest BCUT2D eigenvalue weighted by atomic mass is 10.2. The lowest BCUT2D eigenvalue weighted by molar-refractivity contribution is -0.0256. The van der Waals surface area contributed by atoms with Crippen molar-refractivity contribution < 1.29 is 19.1 Å². The van der Waals surface area contributed by atoms with Crippen LogP contribution in [0.25, 0.3) is 0 Å². The van der Waals surface area contributed by atoms with E-state index in [4.69, 9.17) is 9.57 Å². The van der Waals surface area contributed by atoms with Crippen molar-refractivity contribution in [3.63, 3.8) is 0 Å². The van der Waals surface area contributed by atoms with Crippen LogP contribution in [0.1, 0.15) is 19.4 Å². The third-order valence-corrected chi connectivity index (χ3v) is 2.36. The second-order valence-corrected chi connectivity index (χ2v) is 4.81. The van der Waals surface area contributed by atoms with Gasteiger partial charge in [-0.2, -0.15) is 5.48 Å². The Labute approximate surface area is 113 Å². The number of hydrogen-bond donors (Lipinski definition) is 2. The van der Waals surface area contributed by atoms with E-state index in [9.17, 15) is 9.50 Å². The maximum atomic E-state index is 13.3. The number of nitrogens with one attached hydrogen (secondary N) is 1. The number of aliphatic hydroxyl groups excluding tert-OH is 1. The normalized spacial score (nSPS) is 12.9. The van der Waals surface area contributed by atoms with Gasteiger partial charge >= 0.3 is 0 Å². The van der Waals surface area contributed by atoms with E-state index >= 15 is 0 Å². The molecule has 1 atom stereocenters. The molecule has 0 amide bonds. The highest BCUT2D eigenvalue weighted by Crippen LogP contribution is 2.07. The molecule has 1 aromatic rings. The first kappa shape index (κ1) is 16.0. The van der Waals surface area contributed by atoms with Crippen LogP contribution in [0.4, 0.5) is 4.39 Å². The maximum absolute atomic E-state index is 13.3. The van der Waals surface area contributed by atoms with Crippen molar-refractivity contribution in [1.29, 1.82) is 0 Å². The van der Waals surface area contributed by atoms with E-state index < -0.39 is 6.10 Å². The highest BCUT2D eigenvalue weighted by molar-refractivity contribution is 5.16. The molecule has 4 nitrogen and oxygen atoms in total. The Morgan fingerprint density at radius 1 is 1.26 bits per heavy atom. The fraction of sp³-hybridized carbons (Fsp3) is 0.571. The number of ether oxygens (including phenoxy) is 1. The van der Waals surface area contributed by atoms with Gasteiger partial charge in [0.2, 0.25) is 0 Å². The second-order valence-electron chi connectivity index (χ2n) is 4.81. The van der Waals surface area contributed by atoms with E-state index in [0.29, 0.717) is 18.1 Å². The van der Waals surface area contributed by atoms with E-state index in [1.54, 1.807) is 18.2 Å². The Morgan fingerprint density at radius 2 is 2.00 bits per heavy atom. The van der Waals surface area contributed by atoms with Gasteiger partial charge in [-0.1, -0.05) is 32.0 Å². The van der Waals surface area contributed by atoms with Gasteiger partial charge in [0.1, 0.15) is 5.82 Å². The molecule has 108 valence electrons. The molecule has 0 fully saturated rings. The molecule has 0 heterocycles. The minimum Gasteiger partial charge on any atom is -0.389 e. The predicted molar refractivity (Wildman–Crippen MR) is 70.9 cm³/mol. The van der Waals surface area contributed by atoms with Gasteiger partial charge in [0.05, 0.1) is 25.9 Å².